The Kier molecular flexibility index (Phi) is 5.02. The lowest BCUT2D eigenvalue weighted by atomic mass is 10.1. The summed E-state index contributed by atoms with van der Waals surface area (Å²) in [5.74, 6) is -0.765. The summed E-state index contributed by atoms with van der Waals surface area (Å²) in [4.78, 5) is 26.6. The molecular formula is C19H18Cl2N2O2. The van der Waals surface area contributed by atoms with Crippen molar-refractivity contribution < 1.29 is 9.59 Å². The zero-order valence-electron chi connectivity index (χ0n) is 14.0. The fourth-order valence-corrected chi connectivity index (χ4v) is 3.75. The van der Waals surface area contributed by atoms with Gasteiger partial charge in [-0.15, -0.1) is 0 Å². The number of para-hydroxylation sites is 1. The molecule has 0 aromatic heterocycles. The summed E-state index contributed by atoms with van der Waals surface area (Å²) in [6.45, 7) is 4.17. The van der Waals surface area contributed by atoms with Crippen LogP contribution in [0.5, 0.6) is 0 Å². The van der Waals surface area contributed by atoms with E-state index in [-0.39, 0.29) is 18.2 Å². The van der Waals surface area contributed by atoms with Crippen LogP contribution in [0.2, 0.25) is 10.0 Å². The first-order chi connectivity index (χ1) is 11.9. The highest BCUT2D eigenvalue weighted by Gasteiger charge is 2.36. The number of aryl methyl sites for hydroxylation is 2. The maximum atomic E-state index is 12.5. The standard InChI is InChI=1S/C19H18Cl2N2O2/c1-11-7-12(2)18(15(21)8-11)23-10-13(9-17(23)24)19(25)22-16-6-4-3-5-14(16)20/h3-8,13H,9-10H2,1-2H3,(H,22,25). The molecule has 1 fully saturated rings. The van der Waals surface area contributed by atoms with Crippen molar-refractivity contribution in [3.63, 3.8) is 0 Å². The van der Waals surface area contributed by atoms with E-state index >= 15 is 0 Å². The number of carbonyl (C=O) groups is 2. The van der Waals surface area contributed by atoms with Crippen molar-refractivity contribution in [3.05, 3.63) is 57.6 Å². The average molecular weight is 377 g/mol. The second kappa shape index (κ2) is 7.06. The highest BCUT2D eigenvalue weighted by atomic mass is 35.5. The van der Waals surface area contributed by atoms with Crippen molar-refractivity contribution in [1.29, 1.82) is 0 Å². The zero-order valence-corrected chi connectivity index (χ0v) is 15.5. The molecule has 4 nitrogen and oxygen atoms in total. The number of nitrogens with zero attached hydrogens (tertiary/aromatic N) is 1. The summed E-state index contributed by atoms with van der Waals surface area (Å²) >= 11 is 12.4. The predicted octanol–water partition coefficient (Wildman–Crippen LogP) is 4.60. The van der Waals surface area contributed by atoms with Gasteiger partial charge in [-0.3, -0.25) is 9.59 Å². The summed E-state index contributed by atoms with van der Waals surface area (Å²) in [7, 11) is 0. The monoisotopic (exact) mass is 376 g/mol. The van der Waals surface area contributed by atoms with E-state index in [1.54, 1.807) is 29.2 Å². The topological polar surface area (TPSA) is 49.4 Å². The molecule has 1 unspecified atom stereocenters. The molecule has 0 bridgehead atoms. The van der Waals surface area contributed by atoms with E-state index in [9.17, 15) is 9.59 Å². The van der Waals surface area contributed by atoms with Crippen molar-refractivity contribution in [2.24, 2.45) is 5.92 Å². The van der Waals surface area contributed by atoms with Crippen LogP contribution in [0.15, 0.2) is 36.4 Å². The molecule has 1 saturated heterocycles. The largest absolute Gasteiger partial charge is 0.324 e. The molecule has 2 amide bonds. The molecule has 0 spiro atoms. The Morgan fingerprint density at radius 2 is 1.88 bits per heavy atom. The molecular weight excluding hydrogens is 359 g/mol. The number of amides is 2. The minimum atomic E-state index is -0.444. The number of hydrogen-bond donors (Lipinski definition) is 1. The van der Waals surface area contributed by atoms with Crippen LogP contribution in [0.4, 0.5) is 11.4 Å². The number of anilines is 2. The predicted molar refractivity (Wildman–Crippen MR) is 101 cm³/mol. The minimum Gasteiger partial charge on any atom is -0.324 e. The third kappa shape index (κ3) is 3.65. The van der Waals surface area contributed by atoms with Crippen molar-refractivity contribution in [2.75, 3.05) is 16.8 Å². The molecule has 1 aliphatic heterocycles. The number of nitrogens with one attached hydrogen (secondary N) is 1. The Hall–Kier alpha value is -2.04. The van der Waals surface area contributed by atoms with Crippen LogP contribution in [0, 0.1) is 19.8 Å². The van der Waals surface area contributed by atoms with Gasteiger partial charge in [0.05, 0.1) is 27.3 Å². The lowest BCUT2D eigenvalue weighted by Crippen LogP contribution is -2.29. The van der Waals surface area contributed by atoms with E-state index in [1.807, 2.05) is 26.0 Å². The quantitative estimate of drug-likeness (QED) is 0.850. The Labute approximate surface area is 156 Å². The smallest absolute Gasteiger partial charge is 0.229 e. The van der Waals surface area contributed by atoms with Crippen LogP contribution < -0.4 is 10.2 Å². The zero-order chi connectivity index (χ0) is 18.1. The Balaban J connectivity index is 1.79. The first-order valence-corrected chi connectivity index (χ1v) is 8.75. The fourth-order valence-electron chi connectivity index (χ4n) is 3.15. The first kappa shape index (κ1) is 17.8. The molecule has 0 saturated carbocycles. The average Bonchev–Trinajstić information content (AvgIpc) is 2.90. The van der Waals surface area contributed by atoms with Gasteiger partial charge < -0.3 is 10.2 Å². The first-order valence-electron chi connectivity index (χ1n) is 7.99. The van der Waals surface area contributed by atoms with E-state index in [2.05, 4.69) is 5.32 Å². The van der Waals surface area contributed by atoms with Crippen LogP contribution >= 0.6 is 23.2 Å². The fraction of sp³-hybridized carbons (Fsp3) is 0.263. The molecule has 1 N–H and O–H groups in total. The molecule has 0 aliphatic carbocycles. The molecule has 1 heterocycles. The number of benzene rings is 2. The maximum Gasteiger partial charge on any atom is 0.229 e. The van der Waals surface area contributed by atoms with E-state index < -0.39 is 5.92 Å². The van der Waals surface area contributed by atoms with Gasteiger partial charge in [0, 0.05) is 13.0 Å². The summed E-state index contributed by atoms with van der Waals surface area (Å²) in [5.41, 5.74) is 3.19. The van der Waals surface area contributed by atoms with Crippen LogP contribution in [-0.4, -0.2) is 18.4 Å². The van der Waals surface area contributed by atoms with Gasteiger partial charge in [0.15, 0.2) is 0 Å². The summed E-state index contributed by atoms with van der Waals surface area (Å²) in [6.07, 6.45) is 0.153. The molecule has 1 aliphatic rings. The van der Waals surface area contributed by atoms with Crippen molar-refractivity contribution in [3.8, 4) is 0 Å². The normalized spacial score (nSPS) is 17.0. The lowest BCUT2D eigenvalue weighted by molar-refractivity contribution is -0.122. The Morgan fingerprint density at radius 1 is 1.16 bits per heavy atom. The summed E-state index contributed by atoms with van der Waals surface area (Å²) in [6, 6.07) is 10.8. The Bertz CT molecular complexity index is 828. The molecule has 3 rings (SSSR count). The summed E-state index contributed by atoms with van der Waals surface area (Å²) in [5, 5.41) is 3.79. The molecule has 1 atom stereocenters. The molecule has 25 heavy (non-hydrogen) atoms. The summed E-state index contributed by atoms with van der Waals surface area (Å²) < 4.78 is 0. The van der Waals surface area contributed by atoms with Crippen LogP contribution in [0.1, 0.15) is 17.5 Å². The van der Waals surface area contributed by atoms with Gasteiger partial charge in [0.25, 0.3) is 0 Å². The third-order valence-electron chi connectivity index (χ3n) is 4.30. The minimum absolute atomic E-state index is 0.104. The Morgan fingerprint density at radius 3 is 2.56 bits per heavy atom. The lowest BCUT2D eigenvalue weighted by Gasteiger charge is -2.21. The molecule has 130 valence electrons. The second-order valence-corrected chi connectivity index (χ2v) is 7.10. The van der Waals surface area contributed by atoms with Gasteiger partial charge in [0.2, 0.25) is 11.8 Å². The van der Waals surface area contributed by atoms with E-state index in [0.717, 1.165) is 11.1 Å². The third-order valence-corrected chi connectivity index (χ3v) is 4.91. The maximum absolute atomic E-state index is 12.5. The van der Waals surface area contributed by atoms with Gasteiger partial charge in [-0.2, -0.15) is 0 Å². The van der Waals surface area contributed by atoms with Crippen molar-refractivity contribution >= 4 is 46.4 Å². The molecule has 6 heteroatoms. The molecule has 2 aromatic rings. The van der Waals surface area contributed by atoms with E-state index in [1.165, 1.54) is 0 Å². The van der Waals surface area contributed by atoms with Gasteiger partial charge in [-0.25, -0.2) is 0 Å². The number of hydrogen-bond acceptors (Lipinski definition) is 2. The second-order valence-electron chi connectivity index (χ2n) is 6.29. The van der Waals surface area contributed by atoms with E-state index in [0.29, 0.717) is 28.0 Å². The number of carbonyl (C=O) groups excluding carboxylic acids is 2. The van der Waals surface area contributed by atoms with Crippen LogP contribution in [0.25, 0.3) is 0 Å². The van der Waals surface area contributed by atoms with Gasteiger partial charge in [-0.1, -0.05) is 41.4 Å². The SMILES string of the molecule is Cc1cc(C)c(N2CC(C(=O)Nc3ccccc3Cl)CC2=O)c(Cl)c1. The molecule has 2 aromatic carbocycles. The number of rotatable bonds is 3. The van der Waals surface area contributed by atoms with Gasteiger partial charge >= 0.3 is 0 Å². The highest BCUT2D eigenvalue weighted by molar-refractivity contribution is 6.34. The highest BCUT2D eigenvalue weighted by Crippen LogP contribution is 2.35. The van der Waals surface area contributed by atoms with Crippen LogP contribution in [0.3, 0.4) is 0 Å². The van der Waals surface area contributed by atoms with Crippen molar-refractivity contribution in [2.45, 2.75) is 20.3 Å². The number of halogens is 2. The van der Waals surface area contributed by atoms with Gasteiger partial charge in [-0.05, 0) is 43.2 Å². The van der Waals surface area contributed by atoms with Crippen molar-refractivity contribution in [1.82, 2.24) is 0 Å². The molecule has 0 radical (unpaired) electrons. The van der Waals surface area contributed by atoms with Crippen LogP contribution in [-0.2, 0) is 9.59 Å². The van der Waals surface area contributed by atoms with Gasteiger partial charge in [0.1, 0.15) is 0 Å². The van der Waals surface area contributed by atoms with E-state index in [4.69, 9.17) is 23.2 Å².